The van der Waals surface area contributed by atoms with Gasteiger partial charge in [0.15, 0.2) is 0 Å². The number of rotatable bonds is 4. The normalized spacial score (nSPS) is 10.9. The smallest absolute Gasteiger partial charge is 0.272 e. The molecule has 0 radical (unpaired) electrons. The molecule has 2 aromatic heterocycles. The van der Waals surface area contributed by atoms with Crippen molar-refractivity contribution in [1.82, 2.24) is 9.55 Å². The molecule has 0 unspecified atom stereocenters. The van der Waals surface area contributed by atoms with Crippen molar-refractivity contribution in [3.63, 3.8) is 0 Å². The number of para-hydroxylation sites is 1. The van der Waals surface area contributed by atoms with E-state index in [1.54, 1.807) is 24.3 Å². The van der Waals surface area contributed by atoms with E-state index in [1.807, 2.05) is 5.38 Å². The fourth-order valence-corrected chi connectivity index (χ4v) is 2.97. The van der Waals surface area contributed by atoms with Crippen LogP contribution < -0.4 is 5.56 Å². The van der Waals surface area contributed by atoms with Gasteiger partial charge in [-0.15, -0.1) is 11.3 Å². The van der Waals surface area contributed by atoms with Crippen LogP contribution in [0.3, 0.4) is 0 Å². The number of hydrogen-bond donors (Lipinski definition) is 0. The van der Waals surface area contributed by atoms with E-state index in [0.717, 1.165) is 0 Å². The summed E-state index contributed by atoms with van der Waals surface area (Å²) in [5, 5.41) is 12.8. The summed E-state index contributed by atoms with van der Waals surface area (Å²) >= 11 is 1.35. The van der Waals surface area contributed by atoms with E-state index in [2.05, 4.69) is 4.98 Å². The van der Waals surface area contributed by atoms with Crippen LogP contribution >= 0.6 is 11.3 Å². The van der Waals surface area contributed by atoms with Crippen molar-refractivity contribution in [2.24, 2.45) is 0 Å². The highest BCUT2D eigenvalue weighted by Crippen LogP contribution is 2.19. The molecule has 106 valence electrons. The molecule has 21 heavy (non-hydrogen) atoms. The van der Waals surface area contributed by atoms with Gasteiger partial charge >= 0.3 is 0 Å². The molecule has 0 N–H and O–H groups in total. The average molecular weight is 301 g/mol. The lowest BCUT2D eigenvalue weighted by atomic mass is 10.1. The second kappa shape index (κ2) is 5.45. The molecular formula is C14H11N3O3S. The number of benzene rings is 1. The first-order valence-electron chi connectivity index (χ1n) is 6.32. The number of aryl methyl sites for hydroxylation is 2. The molecule has 3 rings (SSSR count). The van der Waals surface area contributed by atoms with Crippen LogP contribution in [-0.2, 0) is 13.0 Å². The Hall–Kier alpha value is -2.54. The molecule has 3 aromatic rings. The van der Waals surface area contributed by atoms with Crippen molar-refractivity contribution in [3.05, 3.63) is 68.1 Å². The molecule has 6 nitrogen and oxygen atoms in total. The predicted molar refractivity (Wildman–Crippen MR) is 80.7 cm³/mol. The molecule has 0 aliphatic rings. The molecule has 0 spiro atoms. The van der Waals surface area contributed by atoms with Gasteiger partial charge in [0.2, 0.25) is 0 Å². The van der Waals surface area contributed by atoms with Crippen molar-refractivity contribution >= 4 is 27.2 Å². The molecule has 7 heteroatoms. The molecule has 0 aliphatic heterocycles. The van der Waals surface area contributed by atoms with E-state index in [1.165, 1.54) is 28.3 Å². The summed E-state index contributed by atoms with van der Waals surface area (Å²) in [6.45, 7) is 0.366. The number of fused-ring (bicyclic) bond motifs is 1. The van der Waals surface area contributed by atoms with Crippen LogP contribution in [-0.4, -0.2) is 14.5 Å². The third-order valence-corrected chi connectivity index (χ3v) is 4.14. The van der Waals surface area contributed by atoms with E-state index in [0.29, 0.717) is 28.7 Å². The standard InChI is InChI=1S/C14H11N3O3S/c18-14-13-11(6-8-21-13)15-9-16(14)7-5-10-3-1-2-4-12(10)17(19)20/h1-4,6,8-9H,5,7H2. The lowest BCUT2D eigenvalue weighted by Crippen LogP contribution is -2.20. The Morgan fingerprint density at radius 2 is 2.10 bits per heavy atom. The molecule has 0 atom stereocenters. The summed E-state index contributed by atoms with van der Waals surface area (Å²) < 4.78 is 2.11. The predicted octanol–water partition coefficient (Wildman–Crippen LogP) is 2.61. The molecule has 0 fully saturated rings. The second-order valence-electron chi connectivity index (χ2n) is 4.51. The van der Waals surface area contributed by atoms with Crippen LogP contribution in [0.1, 0.15) is 5.56 Å². The zero-order valence-electron chi connectivity index (χ0n) is 10.9. The number of thiophene rings is 1. The first-order chi connectivity index (χ1) is 10.2. The van der Waals surface area contributed by atoms with Crippen LogP contribution in [0.25, 0.3) is 10.2 Å². The summed E-state index contributed by atoms with van der Waals surface area (Å²) in [5.74, 6) is 0. The monoisotopic (exact) mass is 301 g/mol. The van der Waals surface area contributed by atoms with Crippen molar-refractivity contribution < 1.29 is 4.92 Å². The number of hydrogen-bond acceptors (Lipinski definition) is 5. The molecule has 1 aromatic carbocycles. The van der Waals surface area contributed by atoms with Gasteiger partial charge in [-0.25, -0.2) is 4.98 Å². The quantitative estimate of drug-likeness (QED) is 0.548. The van der Waals surface area contributed by atoms with Gasteiger partial charge in [-0.05, 0) is 17.9 Å². The molecule has 2 heterocycles. The van der Waals surface area contributed by atoms with Gasteiger partial charge < -0.3 is 0 Å². The largest absolute Gasteiger partial charge is 0.298 e. The minimum absolute atomic E-state index is 0.0794. The zero-order valence-corrected chi connectivity index (χ0v) is 11.7. The van der Waals surface area contributed by atoms with Crippen LogP contribution in [0.15, 0.2) is 46.8 Å². The van der Waals surface area contributed by atoms with Gasteiger partial charge in [-0.3, -0.25) is 19.5 Å². The third kappa shape index (κ3) is 2.55. The molecule has 0 saturated carbocycles. The molecular weight excluding hydrogens is 290 g/mol. The van der Waals surface area contributed by atoms with Gasteiger partial charge in [0.1, 0.15) is 4.70 Å². The average Bonchev–Trinajstić information content (AvgIpc) is 2.96. The summed E-state index contributed by atoms with van der Waals surface area (Å²) in [5.41, 5.74) is 1.27. The third-order valence-electron chi connectivity index (χ3n) is 3.25. The Kier molecular flexibility index (Phi) is 3.49. The van der Waals surface area contributed by atoms with Crippen LogP contribution in [0.2, 0.25) is 0 Å². The maximum Gasteiger partial charge on any atom is 0.272 e. The Morgan fingerprint density at radius 3 is 2.90 bits per heavy atom. The molecule has 0 aliphatic carbocycles. The number of nitro benzene ring substituents is 1. The maximum absolute atomic E-state index is 12.2. The minimum atomic E-state index is -0.404. The van der Waals surface area contributed by atoms with Crippen molar-refractivity contribution in [2.45, 2.75) is 13.0 Å². The number of nitro groups is 1. The highest BCUT2D eigenvalue weighted by Gasteiger charge is 2.12. The van der Waals surface area contributed by atoms with Gasteiger partial charge in [-0.1, -0.05) is 18.2 Å². The fourth-order valence-electron chi connectivity index (χ4n) is 2.18. The van der Waals surface area contributed by atoms with Crippen molar-refractivity contribution in [1.29, 1.82) is 0 Å². The van der Waals surface area contributed by atoms with Crippen LogP contribution in [0, 0.1) is 10.1 Å². The second-order valence-corrected chi connectivity index (χ2v) is 5.43. The van der Waals surface area contributed by atoms with E-state index >= 15 is 0 Å². The number of aromatic nitrogens is 2. The maximum atomic E-state index is 12.2. The lowest BCUT2D eigenvalue weighted by molar-refractivity contribution is -0.385. The summed E-state index contributed by atoms with van der Waals surface area (Å²) in [6.07, 6.45) is 1.90. The van der Waals surface area contributed by atoms with Crippen molar-refractivity contribution in [2.75, 3.05) is 0 Å². The van der Waals surface area contributed by atoms with Gasteiger partial charge in [0, 0.05) is 18.2 Å². The molecule has 0 saturated heterocycles. The summed E-state index contributed by atoms with van der Waals surface area (Å²) in [4.78, 5) is 27.0. The molecule has 0 bridgehead atoms. The van der Waals surface area contributed by atoms with E-state index < -0.39 is 4.92 Å². The van der Waals surface area contributed by atoms with Gasteiger partial charge in [0.25, 0.3) is 11.2 Å². The highest BCUT2D eigenvalue weighted by molar-refractivity contribution is 7.17. The Bertz CT molecular complexity index is 869. The van der Waals surface area contributed by atoms with Gasteiger partial charge in [0.05, 0.1) is 16.8 Å². The molecule has 0 amide bonds. The van der Waals surface area contributed by atoms with Crippen molar-refractivity contribution in [3.8, 4) is 0 Å². The van der Waals surface area contributed by atoms with E-state index in [-0.39, 0.29) is 11.2 Å². The summed E-state index contributed by atoms with van der Waals surface area (Å²) in [7, 11) is 0. The first-order valence-corrected chi connectivity index (χ1v) is 7.20. The minimum Gasteiger partial charge on any atom is -0.298 e. The fraction of sp³-hybridized carbons (Fsp3) is 0.143. The van der Waals surface area contributed by atoms with Gasteiger partial charge in [-0.2, -0.15) is 0 Å². The SMILES string of the molecule is O=c1c2sccc2ncn1CCc1ccccc1[N+](=O)[O-]. The Morgan fingerprint density at radius 1 is 1.29 bits per heavy atom. The first kappa shape index (κ1) is 13.4. The van der Waals surface area contributed by atoms with Crippen LogP contribution in [0.4, 0.5) is 5.69 Å². The Labute approximate surface area is 123 Å². The number of nitrogens with zero attached hydrogens (tertiary/aromatic N) is 3. The van der Waals surface area contributed by atoms with E-state index in [9.17, 15) is 14.9 Å². The summed E-state index contributed by atoms with van der Waals surface area (Å²) in [6, 6.07) is 8.37. The van der Waals surface area contributed by atoms with E-state index in [4.69, 9.17) is 0 Å². The lowest BCUT2D eigenvalue weighted by Gasteiger charge is -2.05. The van der Waals surface area contributed by atoms with Crippen LogP contribution in [0.5, 0.6) is 0 Å². The Balaban J connectivity index is 1.89. The zero-order chi connectivity index (χ0) is 14.8. The highest BCUT2D eigenvalue weighted by atomic mass is 32.1. The topological polar surface area (TPSA) is 78.0 Å².